The van der Waals surface area contributed by atoms with Gasteiger partial charge in [-0.25, -0.2) is 12.8 Å². The van der Waals surface area contributed by atoms with Crippen molar-refractivity contribution in [3.05, 3.63) is 72.0 Å². The predicted octanol–water partition coefficient (Wildman–Crippen LogP) is 4.14. The molecule has 1 atom stereocenters. The van der Waals surface area contributed by atoms with E-state index in [1.807, 2.05) is 25.1 Å². The van der Waals surface area contributed by atoms with Gasteiger partial charge in [-0.2, -0.15) is 4.31 Å². The van der Waals surface area contributed by atoms with Gasteiger partial charge in [-0.3, -0.25) is 0 Å². The molecular formula is C22H22FNO4S. The Kier molecular flexibility index (Phi) is 5.54. The molecule has 1 heterocycles. The monoisotopic (exact) mass is 415 g/mol. The minimum atomic E-state index is -3.75. The summed E-state index contributed by atoms with van der Waals surface area (Å²) in [7, 11) is -3.75. The predicted molar refractivity (Wildman–Crippen MR) is 109 cm³/mol. The normalized spacial score (nSPS) is 18.1. The molecule has 0 saturated carbocycles. The number of morpholine rings is 1. The van der Waals surface area contributed by atoms with Gasteiger partial charge in [0, 0.05) is 23.9 Å². The third kappa shape index (κ3) is 3.85. The Labute approximate surface area is 169 Å². The molecule has 0 amide bonds. The minimum Gasteiger partial charge on any atom is -0.493 e. The number of sulfonamides is 1. The van der Waals surface area contributed by atoms with Crippen LogP contribution in [0.15, 0.2) is 65.6 Å². The first-order chi connectivity index (χ1) is 14.0. The van der Waals surface area contributed by atoms with E-state index in [2.05, 4.69) is 0 Å². The Morgan fingerprint density at radius 2 is 1.79 bits per heavy atom. The van der Waals surface area contributed by atoms with Gasteiger partial charge in [-0.15, -0.1) is 0 Å². The Morgan fingerprint density at radius 1 is 1.07 bits per heavy atom. The molecule has 7 heteroatoms. The lowest BCUT2D eigenvalue weighted by atomic mass is 10.1. The molecule has 1 fully saturated rings. The van der Waals surface area contributed by atoms with Crippen LogP contribution in [0, 0.1) is 5.82 Å². The number of ether oxygens (including phenoxy) is 2. The number of fused-ring (bicyclic) bond motifs is 1. The third-order valence-electron chi connectivity index (χ3n) is 5.03. The second-order valence-corrected chi connectivity index (χ2v) is 8.72. The molecule has 4 rings (SSSR count). The summed E-state index contributed by atoms with van der Waals surface area (Å²) in [5.74, 6) is 0.322. The first kappa shape index (κ1) is 19.8. The van der Waals surface area contributed by atoms with Gasteiger partial charge in [0.15, 0.2) is 0 Å². The van der Waals surface area contributed by atoms with E-state index in [0.29, 0.717) is 17.7 Å². The van der Waals surface area contributed by atoms with Gasteiger partial charge in [-0.1, -0.05) is 36.4 Å². The molecule has 0 aliphatic carbocycles. The molecule has 3 aromatic rings. The smallest absolute Gasteiger partial charge is 0.243 e. The summed E-state index contributed by atoms with van der Waals surface area (Å²) < 4.78 is 53.0. The maximum absolute atomic E-state index is 13.5. The van der Waals surface area contributed by atoms with E-state index in [9.17, 15) is 12.8 Å². The van der Waals surface area contributed by atoms with Crippen molar-refractivity contribution in [1.29, 1.82) is 0 Å². The van der Waals surface area contributed by atoms with Crippen LogP contribution in [-0.4, -0.2) is 39.0 Å². The lowest BCUT2D eigenvalue weighted by molar-refractivity contribution is -0.00256. The van der Waals surface area contributed by atoms with Gasteiger partial charge in [0.05, 0.1) is 24.2 Å². The lowest BCUT2D eigenvalue weighted by Gasteiger charge is -2.32. The first-order valence-corrected chi connectivity index (χ1v) is 11.0. The van der Waals surface area contributed by atoms with Crippen molar-refractivity contribution in [1.82, 2.24) is 4.31 Å². The molecule has 1 aliphatic heterocycles. The zero-order chi connectivity index (χ0) is 20.4. The number of rotatable bonds is 5. The number of benzene rings is 3. The second-order valence-electron chi connectivity index (χ2n) is 6.81. The van der Waals surface area contributed by atoms with Crippen molar-refractivity contribution in [3.63, 3.8) is 0 Å². The fourth-order valence-corrected chi connectivity index (χ4v) is 5.23. The topological polar surface area (TPSA) is 55.8 Å². The molecule has 1 saturated heterocycles. The van der Waals surface area contributed by atoms with Gasteiger partial charge in [0.2, 0.25) is 10.0 Å². The van der Waals surface area contributed by atoms with Crippen molar-refractivity contribution < 1.29 is 22.3 Å². The average Bonchev–Trinajstić information content (AvgIpc) is 2.74. The van der Waals surface area contributed by atoms with E-state index in [1.165, 1.54) is 16.4 Å². The van der Waals surface area contributed by atoms with E-state index in [0.717, 1.165) is 10.9 Å². The van der Waals surface area contributed by atoms with Crippen molar-refractivity contribution in [2.45, 2.75) is 17.9 Å². The molecule has 0 radical (unpaired) electrons. The van der Waals surface area contributed by atoms with Gasteiger partial charge in [0.1, 0.15) is 11.6 Å². The molecule has 3 aromatic carbocycles. The highest BCUT2D eigenvalue weighted by molar-refractivity contribution is 7.89. The molecule has 0 aromatic heterocycles. The molecule has 29 heavy (non-hydrogen) atoms. The number of nitrogens with zero attached hydrogens (tertiary/aromatic N) is 1. The van der Waals surface area contributed by atoms with Crippen LogP contribution >= 0.6 is 0 Å². The Bertz CT molecular complexity index is 1120. The summed E-state index contributed by atoms with van der Waals surface area (Å²) in [6.45, 7) is 3.11. The SMILES string of the molecule is CCOc1ccc(S(=O)(=O)N2CCO[C@H](c3ccc(F)cc3)C2)c2ccccc12. The molecule has 0 bridgehead atoms. The van der Waals surface area contributed by atoms with Crippen molar-refractivity contribution >= 4 is 20.8 Å². The van der Waals surface area contributed by atoms with Crippen LogP contribution in [0.25, 0.3) is 10.8 Å². The first-order valence-electron chi connectivity index (χ1n) is 9.52. The highest BCUT2D eigenvalue weighted by atomic mass is 32.2. The van der Waals surface area contributed by atoms with E-state index in [4.69, 9.17) is 9.47 Å². The zero-order valence-electron chi connectivity index (χ0n) is 16.0. The summed E-state index contributed by atoms with van der Waals surface area (Å²) in [5.41, 5.74) is 0.753. The highest BCUT2D eigenvalue weighted by Crippen LogP contribution is 2.34. The maximum atomic E-state index is 13.5. The summed E-state index contributed by atoms with van der Waals surface area (Å²) >= 11 is 0. The third-order valence-corrected chi connectivity index (χ3v) is 6.96. The number of hydrogen-bond acceptors (Lipinski definition) is 4. The van der Waals surface area contributed by atoms with E-state index < -0.39 is 16.1 Å². The Balaban J connectivity index is 1.69. The van der Waals surface area contributed by atoms with Crippen LogP contribution < -0.4 is 4.74 Å². The van der Waals surface area contributed by atoms with Crippen LogP contribution in [0.2, 0.25) is 0 Å². The van der Waals surface area contributed by atoms with Crippen LogP contribution in [0.5, 0.6) is 5.75 Å². The molecule has 0 N–H and O–H groups in total. The quantitative estimate of drug-likeness (QED) is 0.629. The number of hydrogen-bond donors (Lipinski definition) is 0. The van der Waals surface area contributed by atoms with E-state index in [-0.39, 0.29) is 30.4 Å². The van der Waals surface area contributed by atoms with Crippen LogP contribution in [-0.2, 0) is 14.8 Å². The zero-order valence-corrected chi connectivity index (χ0v) is 16.9. The molecule has 0 spiro atoms. The lowest BCUT2D eigenvalue weighted by Crippen LogP contribution is -2.42. The van der Waals surface area contributed by atoms with Gasteiger partial charge < -0.3 is 9.47 Å². The standard InChI is InChI=1S/C22H22FNO4S/c1-2-27-20-11-12-22(19-6-4-3-5-18(19)20)29(25,26)24-13-14-28-21(15-24)16-7-9-17(23)10-8-16/h3-12,21H,2,13-15H2,1H3/t21-/m0/s1. The van der Waals surface area contributed by atoms with Crippen LogP contribution in [0.4, 0.5) is 4.39 Å². The molecule has 5 nitrogen and oxygen atoms in total. The fourth-order valence-electron chi connectivity index (χ4n) is 3.61. The van der Waals surface area contributed by atoms with Gasteiger partial charge >= 0.3 is 0 Å². The van der Waals surface area contributed by atoms with E-state index >= 15 is 0 Å². The molecule has 0 unspecified atom stereocenters. The van der Waals surface area contributed by atoms with E-state index in [1.54, 1.807) is 30.3 Å². The largest absolute Gasteiger partial charge is 0.493 e. The van der Waals surface area contributed by atoms with Crippen molar-refractivity contribution in [2.75, 3.05) is 26.3 Å². The summed E-state index contributed by atoms with van der Waals surface area (Å²) in [4.78, 5) is 0.247. The molecule has 152 valence electrons. The van der Waals surface area contributed by atoms with Crippen LogP contribution in [0.1, 0.15) is 18.6 Å². The van der Waals surface area contributed by atoms with Crippen LogP contribution in [0.3, 0.4) is 0 Å². The highest BCUT2D eigenvalue weighted by Gasteiger charge is 2.32. The van der Waals surface area contributed by atoms with Crippen molar-refractivity contribution in [2.24, 2.45) is 0 Å². The number of halogens is 1. The summed E-state index contributed by atoms with van der Waals surface area (Å²) in [6.07, 6.45) is -0.437. The second kappa shape index (κ2) is 8.10. The summed E-state index contributed by atoms with van der Waals surface area (Å²) in [5, 5.41) is 1.39. The Hall–Kier alpha value is -2.48. The maximum Gasteiger partial charge on any atom is 0.243 e. The average molecular weight is 415 g/mol. The molecular weight excluding hydrogens is 393 g/mol. The van der Waals surface area contributed by atoms with Crippen molar-refractivity contribution in [3.8, 4) is 5.75 Å². The van der Waals surface area contributed by atoms with Gasteiger partial charge in [-0.05, 0) is 36.8 Å². The minimum absolute atomic E-state index is 0.176. The van der Waals surface area contributed by atoms with Gasteiger partial charge in [0.25, 0.3) is 0 Å². The summed E-state index contributed by atoms with van der Waals surface area (Å²) in [6, 6.07) is 16.6. The Morgan fingerprint density at radius 3 is 2.52 bits per heavy atom. The molecule has 1 aliphatic rings. The fraction of sp³-hybridized carbons (Fsp3) is 0.273.